The van der Waals surface area contributed by atoms with E-state index in [2.05, 4.69) is 170 Å². The Hall–Kier alpha value is -7.43. The van der Waals surface area contributed by atoms with Crippen LogP contribution in [-0.4, -0.2) is 15.0 Å². The number of aromatic nitrogens is 3. The van der Waals surface area contributed by atoms with E-state index in [1.807, 2.05) is 18.2 Å². The predicted octanol–water partition coefficient (Wildman–Crippen LogP) is 13.6. The second-order valence-corrected chi connectivity index (χ2v) is 13.9. The third-order valence-corrected chi connectivity index (χ3v) is 10.7. The van der Waals surface area contributed by atoms with Crippen LogP contribution in [0.5, 0.6) is 0 Å². The number of benzene rings is 9. The van der Waals surface area contributed by atoms with Crippen molar-refractivity contribution in [3.05, 3.63) is 188 Å². The summed E-state index contributed by atoms with van der Waals surface area (Å²) in [7, 11) is 0. The van der Waals surface area contributed by atoms with Crippen molar-refractivity contribution in [3.63, 3.8) is 0 Å². The molecule has 55 heavy (non-hydrogen) atoms. The van der Waals surface area contributed by atoms with Crippen molar-refractivity contribution in [2.45, 2.75) is 0 Å². The highest BCUT2D eigenvalue weighted by atomic mass is 16.3. The van der Waals surface area contributed by atoms with E-state index in [-0.39, 0.29) is 0 Å². The molecular formula is C51H31N3O. The lowest BCUT2D eigenvalue weighted by atomic mass is 9.92. The van der Waals surface area contributed by atoms with Gasteiger partial charge in [-0.1, -0.05) is 164 Å². The molecule has 0 amide bonds. The molecule has 0 aliphatic heterocycles. The van der Waals surface area contributed by atoms with Crippen LogP contribution in [0.4, 0.5) is 0 Å². The zero-order valence-electron chi connectivity index (χ0n) is 29.6. The SMILES string of the molecule is c1ccc(-c2ccccc2-c2nc(-c3ccccc3-c3ccc4oc5ccccc5c4c3)nc(-c3c4ccccc4cc4c3ccc3ccccc34)n2)cc1. The fourth-order valence-corrected chi connectivity index (χ4v) is 8.16. The molecule has 2 aromatic heterocycles. The molecule has 0 unspecified atom stereocenters. The normalized spacial score (nSPS) is 11.6. The molecule has 0 saturated carbocycles. The van der Waals surface area contributed by atoms with Crippen LogP contribution in [0.15, 0.2) is 192 Å². The molecular weight excluding hydrogens is 671 g/mol. The summed E-state index contributed by atoms with van der Waals surface area (Å²) in [6.07, 6.45) is 0. The summed E-state index contributed by atoms with van der Waals surface area (Å²) in [6, 6.07) is 65.7. The van der Waals surface area contributed by atoms with Crippen molar-refractivity contribution < 1.29 is 4.42 Å². The average molecular weight is 702 g/mol. The molecule has 0 atom stereocenters. The van der Waals surface area contributed by atoms with Gasteiger partial charge < -0.3 is 4.42 Å². The van der Waals surface area contributed by atoms with E-state index in [1.54, 1.807) is 0 Å². The Morgan fingerprint density at radius 2 is 0.855 bits per heavy atom. The first kappa shape index (κ1) is 31.1. The third-order valence-electron chi connectivity index (χ3n) is 10.7. The number of nitrogens with zero attached hydrogens (tertiary/aromatic N) is 3. The summed E-state index contributed by atoms with van der Waals surface area (Å²) < 4.78 is 6.20. The smallest absolute Gasteiger partial charge is 0.165 e. The first-order valence-electron chi connectivity index (χ1n) is 18.5. The minimum absolute atomic E-state index is 0.609. The summed E-state index contributed by atoms with van der Waals surface area (Å²) in [5, 5.41) is 9.06. The van der Waals surface area contributed by atoms with E-state index in [0.29, 0.717) is 17.5 Å². The molecule has 0 N–H and O–H groups in total. The van der Waals surface area contributed by atoms with Crippen molar-refractivity contribution >= 4 is 54.3 Å². The first-order valence-corrected chi connectivity index (χ1v) is 18.5. The monoisotopic (exact) mass is 701 g/mol. The van der Waals surface area contributed by atoms with Gasteiger partial charge in [-0.2, -0.15) is 0 Å². The molecule has 9 aromatic carbocycles. The van der Waals surface area contributed by atoms with Crippen LogP contribution in [0.25, 0.3) is 111 Å². The van der Waals surface area contributed by atoms with Gasteiger partial charge in [0, 0.05) is 27.5 Å². The van der Waals surface area contributed by atoms with Crippen molar-refractivity contribution in [2.24, 2.45) is 0 Å². The van der Waals surface area contributed by atoms with Crippen LogP contribution in [0, 0.1) is 0 Å². The van der Waals surface area contributed by atoms with Gasteiger partial charge in [0.25, 0.3) is 0 Å². The van der Waals surface area contributed by atoms with E-state index in [4.69, 9.17) is 19.4 Å². The molecule has 256 valence electrons. The Bertz CT molecular complexity index is 3270. The Labute approximate surface area is 317 Å². The van der Waals surface area contributed by atoms with Crippen LogP contribution in [0.2, 0.25) is 0 Å². The van der Waals surface area contributed by atoms with Gasteiger partial charge in [0.05, 0.1) is 0 Å². The molecule has 0 aliphatic rings. The van der Waals surface area contributed by atoms with Crippen molar-refractivity contribution in [1.29, 1.82) is 0 Å². The summed E-state index contributed by atoms with van der Waals surface area (Å²) in [5.74, 6) is 1.86. The average Bonchev–Trinajstić information content (AvgIpc) is 3.64. The summed E-state index contributed by atoms with van der Waals surface area (Å²) >= 11 is 0. The maximum absolute atomic E-state index is 6.20. The van der Waals surface area contributed by atoms with E-state index in [1.165, 1.54) is 16.2 Å². The number of hydrogen-bond donors (Lipinski definition) is 0. The molecule has 0 saturated heterocycles. The topological polar surface area (TPSA) is 51.8 Å². The number of hydrogen-bond acceptors (Lipinski definition) is 4. The molecule has 11 aromatic rings. The molecule has 0 bridgehead atoms. The lowest BCUT2D eigenvalue weighted by molar-refractivity contribution is 0.669. The van der Waals surface area contributed by atoms with E-state index in [9.17, 15) is 0 Å². The fourth-order valence-electron chi connectivity index (χ4n) is 8.16. The summed E-state index contributed by atoms with van der Waals surface area (Å²) in [6.45, 7) is 0. The van der Waals surface area contributed by atoms with Crippen molar-refractivity contribution in [1.82, 2.24) is 15.0 Å². The molecule has 0 aliphatic carbocycles. The lowest BCUT2D eigenvalue weighted by Gasteiger charge is -2.16. The second kappa shape index (κ2) is 12.6. The highest BCUT2D eigenvalue weighted by molar-refractivity contribution is 6.19. The van der Waals surface area contributed by atoms with Crippen LogP contribution in [0.1, 0.15) is 0 Å². The molecule has 4 heteroatoms. The number of fused-ring (bicyclic) bond motifs is 7. The van der Waals surface area contributed by atoms with Gasteiger partial charge >= 0.3 is 0 Å². The molecule has 11 rings (SSSR count). The molecule has 2 heterocycles. The Balaban J connectivity index is 1.21. The van der Waals surface area contributed by atoms with Crippen LogP contribution >= 0.6 is 0 Å². The predicted molar refractivity (Wildman–Crippen MR) is 227 cm³/mol. The molecule has 0 radical (unpaired) electrons. The first-order chi connectivity index (χ1) is 27.3. The fraction of sp³-hybridized carbons (Fsp3) is 0. The second-order valence-electron chi connectivity index (χ2n) is 13.9. The standard InChI is InChI=1S/C51H31N3O/c1-2-14-32(15-3-1)36-18-8-10-23-42(36)49-52-50(43-24-11-9-20-38(43)35-27-29-47-45(31-35)40-22-12-13-25-46(40)55-47)54-51(53-49)48-39-21-7-5-17-34(39)30-44-37-19-6-4-16-33(37)26-28-41(44)48/h1-31H. The number of rotatable bonds is 5. The maximum atomic E-state index is 6.20. The zero-order valence-corrected chi connectivity index (χ0v) is 29.6. The summed E-state index contributed by atoms with van der Waals surface area (Å²) in [5.41, 5.74) is 8.85. The van der Waals surface area contributed by atoms with Crippen molar-refractivity contribution in [2.75, 3.05) is 0 Å². The Morgan fingerprint density at radius 3 is 1.62 bits per heavy atom. The molecule has 0 fully saturated rings. The van der Waals surface area contributed by atoms with Crippen LogP contribution in [-0.2, 0) is 0 Å². The van der Waals surface area contributed by atoms with Gasteiger partial charge in [-0.05, 0) is 78.8 Å². The summed E-state index contributed by atoms with van der Waals surface area (Å²) in [4.78, 5) is 16.2. The van der Waals surface area contributed by atoms with Gasteiger partial charge in [-0.3, -0.25) is 0 Å². The number of para-hydroxylation sites is 1. The quantitative estimate of drug-likeness (QED) is 0.132. The van der Waals surface area contributed by atoms with E-state index >= 15 is 0 Å². The number of furan rings is 1. The third kappa shape index (κ3) is 5.19. The Morgan fingerprint density at radius 1 is 0.291 bits per heavy atom. The zero-order chi connectivity index (χ0) is 36.3. The van der Waals surface area contributed by atoms with Gasteiger partial charge in [-0.25, -0.2) is 15.0 Å². The van der Waals surface area contributed by atoms with Crippen LogP contribution in [0.3, 0.4) is 0 Å². The largest absolute Gasteiger partial charge is 0.456 e. The van der Waals surface area contributed by atoms with Crippen molar-refractivity contribution in [3.8, 4) is 56.4 Å². The minimum atomic E-state index is 0.609. The Kier molecular flexibility index (Phi) is 7.14. The van der Waals surface area contributed by atoms with Gasteiger partial charge in [-0.15, -0.1) is 0 Å². The minimum Gasteiger partial charge on any atom is -0.456 e. The highest BCUT2D eigenvalue weighted by Crippen LogP contribution is 2.41. The molecule has 0 spiro atoms. The van der Waals surface area contributed by atoms with Gasteiger partial charge in [0.2, 0.25) is 0 Å². The molecule has 4 nitrogen and oxygen atoms in total. The van der Waals surface area contributed by atoms with E-state index in [0.717, 1.165) is 77.0 Å². The van der Waals surface area contributed by atoms with Gasteiger partial charge in [0.1, 0.15) is 11.2 Å². The lowest BCUT2D eigenvalue weighted by Crippen LogP contribution is -2.03. The maximum Gasteiger partial charge on any atom is 0.165 e. The van der Waals surface area contributed by atoms with Gasteiger partial charge in [0.15, 0.2) is 17.5 Å². The highest BCUT2D eigenvalue weighted by Gasteiger charge is 2.21. The van der Waals surface area contributed by atoms with Crippen LogP contribution < -0.4 is 0 Å². The van der Waals surface area contributed by atoms with E-state index < -0.39 is 0 Å².